The first kappa shape index (κ1) is 20.4. The molecular weight excluding hydrogens is 397 g/mol. The summed E-state index contributed by atoms with van der Waals surface area (Å²) in [7, 11) is 1.62. The number of hydrogen-bond acceptors (Lipinski definition) is 3. The van der Waals surface area contributed by atoms with Crippen molar-refractivity contribution in [1.29, 1.82) is 0 Å². The number of hydrogen-bond donors (Lipinski definition) is 1. The third-order valence-corrected chi connectivity index (χ3v) is 5.33. The Balaban J connectivity index is 1.64. The Bertz CT molecular complexity index is 1210. The Kier molecular flexibility index (Phi) is 5.33. The van der Waals surface area contributed by atoms with Gasteiger partial charge < -0.3 is 14.6 Å². The lowest BCUT2D eigenvalue weighted by molar-refractivity contribution is -0.123. The molecule has 1 aliphatic rings. The van der Waals surface area contributed by atoms with Crippen LogP contribution in [0.5, 0.6) is 5.75 Å². The molecule has 1 N–H and O–H groups in total. The van der Waals surface area contributed by atoms with E-state index in [1.807, 2.05) is 48.7 Å². The molecule has 1 saturated heterocycles. The number of urea groups is 1. The van der Waals surface area contributed by atoms with Gasteiger partial charge in [-0.15, -0.1) is 0 Å². The van der Waals surface area contributed by atoms with Crippen LogP contribution in [-0.2, 0) is 11.3 Å². The number of nitrogens with one attached hydrogen (secondary N) is 1. The van der Waals surface area contributed by atoms with Gasteiger partial charge in [0.05, 0.1) is 13.7 Å². The lowest BCUT2D eigenvalue weighted by Gasteiger charge is -2.12. The number of imide groups is 1. The van der Waals surface area contributed by atoms with Crippen LogP contribution in [-0.4, -0.2) is 28.5 Å². The second-order valence-electron chi connectivity index (χ2n) is 7.33. The lowest BCUT2D eigenvalue weighted by atomic mass is 10.2. The average molecular weight is 419 g/mol. The maximum absolute atomic E-state index is 14.0. The number of amides is 3. The molecule has 0 spiro atoms. The number of benzene rings is 2. The molecule has 0 atom stereocenters. The Hall–Kier alpha value is -3.87. The number of carbonyl (C=O) groups excluding carboxylic acids is 2. The first-order valence-corrected chi connectivity index (χ1v) is 9.80. The first-order chi connectivity index (χ1) is 14.9. The minimum Gasteiger partial charge on any atom is -0.497 e. The molecule has 0 unspecified atom stereocenters. The summed E-state index contributed by atoms with van der Waals surface area (Å²) < 4.78 is 21.3. The zero-order valence-electron chi connectivity index (χ0n) is 17.5. The summed E-state index contributed by atoms with van der Waals surface area (Å²) in [6.07, 6.45) is 1.65. The van der Waals surface area contributed by atoms with Crippen molar-refractivity contribution >= 4 is 18.0 Å². The van der Waals surface area contributed by atoms with Gasteiger partial charge in [0, 0.05) is 28.7 Å². The number of aromatic nitrogens is 1. The van der Waals surface area contributed by atoms with Gasteiger partial charge in [0.25, 0.3) is 5.91 Å². The van der Waals surface area contributed by atoms with Crippen molar-refractivity contribution in [2.24, 2.45) is 0 Å². The van der Waals surface area contributed by atoms with E-state index in [-0.39, 0.29) is 17.8 Å². The molecule has 0 aliphatic carbocycles. The molecule has 3 aromatic rings. The molecule has 1 aromatic heterocycles. The van der Waals surface area contributed by atoms with Gasteiger partial charge in [0.2, 0.25) is 0 Å². The summed E-state index contributed by atoms with van der Waals surface area (Å²) in [5.41, 5.74) is 4.06. The maximum Gasteiger partial charge on any atom is 0.329 e. The van der Waals surface area contributed by atoms with Crippen LogP contribution in [0.3, 0.4) is 0 Å². The van der Waals surface area contributed by atoms with Crippen LogP contribution in [0.1, 0.15) is 22.5 Å². The fraction of sp³-hybridized carbons (Fsp3) is 0.167. The first-order valence-electron chi connectivity index (χ1n) is 9.80. The van der Waals surface area contributed by atoms with Crippen molar-refractivity contribution in [3.05, 3.63) is 88.6 Å². The predicted octanol–water partition coefficient (Wildman–Crippen LogP) is 4.33. The van der Waals surface area contributed by atoms with Crippen LogP contribution in [0.2, 0.25) is 0 Å². The highest BCUT2D eigenvalue weighted by atomic mass is 19.1. The summed E-state index contributed by atoms with van der Waals surface area (Å²) in [5.74, 6) is -0.200. The molecular formula is C24H22FN3O3. The van der Waals surface area contributed by atoms with Gasteiger partial charge in [-0.1, -0.05) is 24.3 Å². The van der Waals surface area contributed by atoms with Crippen molar-refractivity contribution in [2.45, 2.75) is 20.4 Å². The van der Waals surface area contributed by atoms with Gasteiger partial charge >= 0.3 is 6.03 Å². The van der Waals surface area contributed by atoms with Gasteiger partial charge in [-0.2, -0.15) is 0 Å². The number of carbonyl (C=O) groups is 2. The van der Waals surface area contributed by atoms with Gasteiger partial charge in [-0.05, 0) is 49.8 Å². The maximum atomic E-state index is 14.0. The Labute approximate surface area is 179 Å². The zero-order valence-corrected chi connectivity index (χ0v) is 17.5. The normalized spacial score (nSPS) is 15.0. The molecule has 31 heavy (non-hydrogen) atoms. The Morgan fingerprint density at radius 2 is 1.84 bits per heavy atom. The molecule has 0 radical (unpaired) electrons. The number of rotatable bonds is 5. The van der Waals surface area contributed by atoms with Crippen LogP contribution >= 0.6 is 0 Å². The monoisotopic (exact) mass is 419 g/mol. The second kappa shape index (κ2) is 8.10. The summed E-state index contributed by atoms with van der Waals surface area (Å²) in [6.45, 7) is 3.78. The Morgan fingerprint density at radius 1 is 1.06 bits per heavy atom. The molecule has 1 fully saturated rings. The highest BCUT2D eigenvalue weighted by Crippen LogP contribution is 2.26. The predicted molar refractivity (Wildman–Crippen MR) is 115 cm³/mol. The average Bonchev–Trinajstić information content (AvgIpc) is 3.18. The standard InChI is InChI=1S/C24H22FN3O3/c1-15-11-18(16(2)28(15)19-8-6-9-20(13-19)31-3)12-22-23(29)27(24(30)26-22)14-17-7-4-5-10-21(17)25/h4-13H,14H2,1-3H3,(H,26,30)/b22-12-. The van der Waals surface area contributed by atoms with Crippen LogP contribution in [0, 0.1) is 19.7 Å². The van der Waals surface area contributed by atoms with Gasteiger partial charge in [-0.25, -0.2) is 9.18 Å². The highest BCUT2D eigenvalue weighted by molar-refractivity contribution is 6.14. The van der Waals surface area contributed by atoms with E-state index in [4.69, 9.17) is 4.74 Å². The van der Waals surface area contributed by atoms with E-state index in [0.717, 1.165) is 33.3 Å². The minimum atomic E-state index is -0.568. The number of nitrogens with zero attached hydrogens (tertiary/aromatic N) is 2. The molecule has 4 rings (SSSR count). The summed E-state index contributed by atoms with van der Waals surface area (Å²) in [4.78, 5) is 26.2. The summed E-state index contributed by atoms with van der Waals surface area (Å²) in [5, 5.41) is 2.60. The molecule has 2 heterocycles. The third-order valence-electron chi connectivity index (χ3n) is 5.33. The van der Waals surface area contributed by atoms with Crippen LogP contribution in [0.15, 0.2) is 60.3 Å². The van der Waals surface area contributed by atoms with E-state index in [9.17, 15) is 14.0 Å². The van der Waals surface area contributed by atoms with Crippen LogP contribution < -0.4 is 10.1 Å². The minimum absolute atomic E-state index is 0.127. The second-order valence-corrected chi connectivity index (χ2v) is 7.33. The fourth-order valence-electron chi connectivity index (χ4n) is 3.75. The third kappa shape index (κ3) is 3.82. The van der Waals surface area contributed by atoms with Crippen molar-refractivity contribution in [1.82, 2.24) is 14.8 Å². The smallest absolute Gasteiger partial charge is 0.329 e. The molecule has 6 nitrogen and oxygen atoms in total. The SMILES string of the molecule is COc1cccc(-n2c(C)cc(/C=C3\NC(=O)N(Cc4ccccc4F)C3=O)c2C)c1. The van der Waals surface area contributed by atoms with E-state index in [1.54, 1.807) is 31.4 Å². The summed E-state index contributed by atoms with van der Waals surface area (Å²) in [6, 6.07) is 15.1. The van der Waals surface area contributed by atoms with Gasteiger partial charge in [0.1, 0.15) is 17.3 Å². The molecule has 0 saturated carbocycles. The number of methoxy groups -OCH3 is 1. The molecule has 3 amide bonds. The quantitative estimate of drug-likeness (QED) is 0.494. The molecule has 1 aliphatic heterocycles. The van der Waals surface area contributed by atoms with E-state index in [2.05, 4.69) is 5.32 Å². The number of halogens is 1. The van der Waals surface area contributed by atoms with Gasteiger partial charge in [-0.3, -0.25) is 9.69 Å². The molecule has 158 valence electrons. The van der Waals surface area contributed by atoms with E-state index in [0.29, 0.717) is 0 Å². The summed E-state index contributed by atoms with van der Waals surface area (Å²) >= 11 is 0. The van der Waals surface area contributed by atoms with Crippen LogP contribution in [0.25, 0.3) is 11.8 Å². The zero-order chi connectivity index (χ0) is 22.1. The Morgan fingerprint density at radius 3 is 2.58 bits per heavy atom. The molecule has 0 bridgehead atoms. The fourth-order valence-corrected chi connectivity index (χ4v) is 3.75. The van der Waals surface area contributed by atoms with E-state index < -0.39 is 17.8 Å². The van der Waals surface area contributed by atoms with Crippen molar-refractivity contribution in [2.75, 3.05) is 7.11 Å². The lowest BCUT2D eigenvalue weighted by Crippen LogP contribution is -2.30. The van der Waals surface area contributed by atoms with Crippen LogP contribution in [0.4, 0.5) is 9.18 Å². The number of aryl methyl sites for hydroxylation is 1. The highest BCUT2D eigenvalue weighted by Gasteiger charge is 2.34. The van der Waals surface area contributed by atoms with Crippen molar-refractivity contribution in [3.63, 3.8) is 0 Å². The topological polar surface area (TPSA) is 63.6 Å². The van der Waals surface area contributed by atoms with Crippen molar-refractivity contribution < 1.29 is 18.7 Å². The largest absolute Gasteiger partial charge is 0.497 e. The number of ether oxygens (including phenoxy) is 1. The van der Waals surface area contributed by atoms with E-state index >= 15 is 0 Å². The van der Waals surface area contributed by atoms with Gasteiger partial charge in [0.15, 0.2) is 0 Å². The molecule has 7 heteroatoms. The molecule has 2 aromatic carbocycles. The van der Waals surface area contributed by atoms with Crippen molar-refractivity contribution in [3.8, 4) is 11.4 Å². The van der Waals surface area contributed by atoms with E-state index in [1.165, 1.54) is 6.07 Å².